The van der Waals surface area contributed by atoms with E-state index in [-0.39, 0.29) is 0 Å². The van der Waals surface area contributed by atoms with Crippen molar-refractivity contribution in [1.29, 1.82) is 0 Å². The molecule has 0 aliphatic carbocycles. The molecule has 1 aliphatic rings. The molecule has 0 bridgehead atoms. The van der Waals surface area contributed by atoms with Crippen molar-refractivity contribution in [1.82, 2.24) is 9.78 Å². The molecular formula is C6H5BrClN3O. The van der Waals surface area contributed by atoms with Gasteiger partial charge in [-0.3, -0.25) is 9.69 Å². The number of carbonyl (C=O) groups is 1. The molecular weight excluding hydrogens is 245 g/mol. The fraction of sp³-hybridized carbons (Fsp3) is 0.333. The Labute approximate surface area is 82.2 Å². The van der Waals surface area contributed by atoms with E-state index >= 15 is 0 Å². The Balaban J connectivity index is 2.46. The first-order valence-corrected chi connectivity index (χ1v) is 4.55. The van der Waals surface area contributed by atoms with Gasteiger partial charge >= 0.3 is 5.37 Å². The van der Waals surface area contributed by atoms with Crippen molar-refractivity contribution >= 4 is 38.7 Å². The SMILES string of the molecule is O=C(Cl)N1CCn2ncc(Br)c21. The maximum Gasteiger partial charge on any atom is 0.322 e. The van der Waals surface area contributed by atoms with Crippen molar-refractivity contribution < 1.29 is 4.79 Å². The molecule has 0 atom stereocenters. The minimum absolute atomic E-state index is 0.463. The Morgan fingerprint density at radius 2 is 2.42 bits per heavy atom. The summed E-state index contributed by atoms with van der Waals surface area (Å²) in [6, 6.07) is 0. The van der Waals surface area contributed by atoms with E-state index in [9.17, 15) is 4.79 Å². The van der Waals surface area contributed by atoms with Crippen LogP contribution in [0.25, 0.3) is 0 Å². The predicted molar refractivity (Wildman–Crippen MR) is 48.5 cm³/mol. The summed E-state index contributed by atoms with van der Waals surface area (Å²) in [5.74, 6) is 0.745. The number of hydrogen-bond donors (Lipinski definition) is 0. The molecule has 4 nitrogen and oxygen atoms in total. The second kappa shape index (κ2) is 2.74. The number of aromatic nitrogens is 2. The van der Waals surface area contributed by atoms with Gasteiger partial charge in [-0.15, -0.1) is 0 Å². The lowest BCUT2D eigenvalue weighted by Gasteiger charge is -2.09. The first kappa shape index (κ1) is 8.07. The molecule has 0 fully saturated rings. The molecule has 1 aromatic heterocycles. The lowest BCUT2D eigenvalue weighted by Crippen LogP contribution is -2.22. The number of hydrogen-bond acceptors (Lipinski definition) is 2. The molecule has 12 heavy (non-hydrogen) atoms. The second-order valence-electron chi connectivity index (χ2n) is 2.44. The van der Waals surface area contributed by atoms with Crippen LogP contribution in [-0.4, -0.2) is 21.7 Å². The van der Waals surface area contributed by atoms with Gasteiger partial charge in [0.05, 0.1) is 17.2 Å². The summed E-state index contributed by atoms with van der Waals surface area (Å²) in [6.45, 7) is 1.31. The minimum Gasteiger partial charge on any atom is -0.280 e. The summed E-state index contributed by atoms with van der Waals surface area (Å²) >= 11 is 8.66. The molecule has 2 rings (SSSR count). The zero-order valence-electron chi connectivity index (χ0n) is 6.00. The monoisotopic (exact) mass is 249 g/mol. The summed E-state index contributed by atoms with van der Waals surface area (Å²) in [5.41, 5.74) is 0. The molecule has 2 heterocycles. The quantitative estimate of drug-likeness (QED) is 0.520. The van der Waals surface area contributed by atoms with Gasteiger partial charge in [-0.1, -0.05) is 0 Å². The van der Waals surface area contributed by atoms with Crippen LogP contribution in [0.3, 0.4) is 0 Å². The zero-order valence-corrected chi connectivity index (χ0v) is 8.34. The van der Waals surface area contributed by atoms with E-state index in [4.69, 9.17) is 11.6 Å². The number of amides is 1. The average Bonchev–Trinajstić information content (AvgIpc) is 2.53. The van der Waals surface area contributed by atoms with Crippen molar-refractivity contribution in [2.24, 2.45) is 0 Å². The molecule has 1 amide bonds. The fourth-order valence-electron chi connectivity index (χ4n) is 1.26. The summed E-state index contributed by atoms with van der Waals surface area (Å²) in [7, 11) is 0. The van der Waals surface area contributed by atoms with E-state index in [0.29, 0.717) is 13.1 Å². The van der Waals surface area contributed by atoms with Gasteiger partial charge in [0.1, 0.15) is 5.82 Å². The lowest BCUT2D eigenvalue weighted by molar-refractivity contribution is 0.264. The molecule has 0 N–H and O–H groups in total. The molecule has 0 spiro atoms. The van der Waals surface area contributed by atoms with Crippen molar-refractivity contribution in [3.05, 3.63) is 10.7 Å². The number of fused-ring (bicyclic) bond motifs is 1. The van der Waals surface area contributed by atoms with Crippen molar-refractivity contribution in [2.45, 2.75) is 6.54 Å². The Kier molecular flexibility index (Phi) is 1.84. The molecule has 0 saturated carbocycles. The van der Waals surface area contributed by atoms with Gasteiger partial charge < -0.3 is 0 Å². The van der Waals surface area contributed by atoms with Gasteiger partial charge in [-0.05, 0) is 27.5 Å². The van der Waals surface area contributed by atoms with Crippen molar-refractivity contribution in [3.63, 3.8) is 0 Å². The van der Waals surface area contributed by atoms with Crippen LogP contribution >= 0.6 is 27.5 Å². The topological polar surface area (TPSA) is 38.1 Å². The molecule has 64 valence electrons. The van der Waals surface area contributed by atoms with Crippen LogP contribution in [0, 0.1) is 0 Å². The lowest BCUT2D eigenvalue weighted by atomic mass is 10.6. The predicted octanol–water partition coefficient (Wildman–Crippen LogP) is 1.82. The summed E-state index contributed by atoms with van der Waals surface area (Å²) < 4.78 is 2.54. The minimum atomic E-state index is -0.463. The third-order valence-electron chi connectivity index (χ3n) is 1.77. The smallest absolute Gasteiger partial charge is 0.280 e. The van der Waals surface area contributed by atoms with Gasteiger partial charge in [0.15, 0.2) is 0 Å². The van der Waals surface area contributed by atoms with Crippen LogP contribution in [-0.2, 0) is 6.54 Å². The number of rotatable bonds is 0. The molecule has 6 heteroatoms. The number of nitrogens with zero attached hydrogens (tertiary/aromatic N) is 3. The third-order valence-corrected chi connectivity index (χ3v) is 2.54. The fourth-order valence-corrected chi connectivity index (χ4v) is 1.93. The van der Waals surface area contributed by atoms with E-state index in [1.165, 1.54) is 4.90 Å². The normalized spacial score (nSPS) is 15.0. The van der Waals surface area contributed by atoms with Gasteiger partial charge in [0.25, 0.3) is 0 Å². The van der Waals surface area contributed by atoms with E-state index in [2.05, 4.69) is 21.0 Å². The van der Waals surface area contributed by atoms with Crippen molar-refractivity contribution in [3.8, 4) is 0 Å². The van der Waals surface area contributed by atoms with Crippen LogP contribution in [0.15, 0.2) is 10.7 Å². The highest BCUT2D eigenvalue weighted by atomic mass is 79.9. The molecule has 0 saturated heterocycles. The first-order valence-electron chi connectivity index (χ1n) is 3.38. The zero-order chi connectivity index (χ0) is 8.72. The summed E-state index contributed by atoms with van der Waals surface area (Å²) in [4.78, 5) is 12.4. The Hall–Kier alpha value is -0.550. The molecule has 0 unspecified atom stereocenters. The summed E-state index contributed by atoms with van der Waals surface area (Å²) in [6.07, 6.45) is 1.65. The first-order chi connectivity index (χ1) is 5.70. The highest BCUT2D eigenvalue weighted by Crippen LogP contribution is 2.30. The van der Waals surface area contributed by atoms with Gasteiger partial charge in [0.2, 0.25) is 0 Å². The van der Waals surface area contributed by atoms with Crippen molar-refractivity contribution in [2.75, 3.05) is 11.4 Å². The Bertz CT molecular complexity index is 338. The van der Waals surface area contributed by atoms with Crippen LogP contribution in [0.5, 0.6) is 0 Å². The summed E-state index contributed by atoms with van der Waals surface area (Å²) in [5, 5.41) is 3.58. The average molecular weight is 250 g/mol. The number of anilines is 1. The van der Waals surface area contributed by atoms with E-state index in [0.717, 1.165) is 10.3 Å². The highest BCUT2D eigenvalue weighted by molar-refractivity contribution is 9.10. The van der Waals surface area contributed by atoms with Gasteiger partial charge in [-0.2, -0.15) is 5.10 Å². The second-order valence-corrected chi connectivity index (χ2v) is 3.62. The van der Waals surface area contributed by atoms with E-state index < -0.39 is 5.37 Å². The van der Waals surface area contributed by atoms with Crippen LogP contribution in [0.1, 0.15) is 0 Å². The third kappa shape index (κ3) is 1.04. The maximum atomic E-state index is 10.9. The molecule has 1 aromatic rings. The maximum absolute atomic E-state index is 10.9. The van der Waals surface area contributed by atoms with Crippen LogP contribution < -0.4 is 4.90 Å². The largest absolute Gasteiger partial charge is 0.322 e. The molecule has 0 radical (unpaired) electrons. The van der Waals surface area contributed by atoms with Gasteiger partial charge in [0, 0.05) is 6.54 Å². The van der Waals surface area contributed by atoms with E-state index in [1.807, 2.05) is 0 Å². The highest BCUT2D eigenvalue weighted by Gasteiger charge is 2.26. The Morgan fingerprint density at radius 3 is 3.08 bits per heavy atom. The standard InChI is InChI=1S/C6H5BrClN3O/c7-4-3-9-11-2-1-10(5(4)11)6(8)12/h3H,1-2H2. The van der Waals surface area contributed by atoms with Crippen LogP contribution in [0.4, 0.5) is 10.6 Å². The van der Waals surface area contributed by atoms with Gasteiger partial charge in [-0.25, -0.2) is 4.68 Å². The molecule has 1 aliphatic heterocycles. The van der Waals surface area contributed by atoms with E-state index in [1.54, 1.807) is 10.9 Å². The molecule has 0 aromatic carbocycles. The Morgan fingerprint density at radius 1 is 1.67 bits per heavy atom. The number of halogens is 2. The number of carbonyl (C=O) groups excluding carboxylic acids is 1. The van der Waals surface area contributed by atoms with Crippen LogP contribution in [0.2, 0.25) is 0 Å².